The van der Waals surface area contributed by atoms with E-state index in [1.807, 2.05) is 229 Å². The Morgan fingerprint density at radius 3 is 1.07 bits per heavy atom. The Labute approximate surface area is 505 Å². The third-order valence-electron chi connectivity index (χ3n) is 13.7. The van der Waals surface area contributed by atoms with Gasteiger partial charge in [-0.2, -0.15) is 0 Å². The second-order valence-electron chi connectivity index (χ2n) is 19.1. The van der Waals surface area contributed by atoms with Crippen LogP contribution in [0.5, 0.6) is 0 Å². The highest BCUT2D eigenvalue weighted by atomic mass is 35.5. The molecule has 11 heteroatoms. The molecule has 0 unspecified atom stereocenters. The number of nitrogens with zero attached hydrogens (tertiary/aromatic N) is 5. The molecule has 0 aliphatic heterocycles. The molecule has 0 amide bonds. The first-order valence-electron chi connectivity index (χ1n) is 29.5. The number of hydrogen-bond donors (Lipinski definition) is 1. The molecule has 0 atom stereocenters. The van der Waals surface area contributed by atoms with Gasteiger partial charge in [-0.1, -0.05) is 156 Å². The molecule has 404 valence electrons. The highest BCUT2D eigenvalue weighted by molar-refractivity contribution is 6.44. The van der Waals surface area contributed by atoms with Crippen molar-refractivity contribution in [2.45, 2.75) is 13.7 Å². The van der Waals surface area contributed by atoms with Crippen LogP contribution in [-0.4, -0.2) is 9.97 Å². The van der Waals surface area contributed by atoms with Crippen LogP contribution in [-0.2, 0) is 0 Å². The van der Waals surface area contributed by atoms with Crippen LogP contribution >= 0.6 is 34.8 Å². The van der Waals surface area contributed by atoms with E-state index in [-0.39, 0.29) is 17.1 Å². The van der Waals surface area contributed by atoms with Crippen molar-refractivity contribution in [1.82, 2.24) is 9.97 Å². The van der Waals surface area contributed by atoms with Crippen LogP contribution in [0.15, 0.2) is 288 Å². The lowest BCUT2D eigenvalue weighted by Crippen LogP contribution is -2.14. The number of hydrogen-bond acceptors (Lipinski definition) is 8. The summed E-state index contributed by atoms with van der Waals surface area (Å²) in [5.74, 6) is 0. The number of benzene rings is 10. The summed E-state index contributed by atoms with van der Waals surface area (Å²) < 4.78 is 57.9. The highest BCUT2D eigenvalue weighted by Crippen LogP contribution is 2.48. The lowest BCUT2D eigenvalue weighted by molar-refractivity contribution is 0.652. The maximum atomic E-state index is 7.75. The zero-order chi connectivity index (χ0) is 61.7. The Morgan fingerprint density at radius 1 is 0.337 bits per heavy atom. The van der Waals surface area contributed by atoms with E-state index in [1.165, 1.54) is 12.1 Å². The second kappa shape index (κ2) is 24.5. The van der Waals surface area contributed by atoms with E-state index in [2.05, 4.69) is 49.4 Å². The molecule has 1 N–H and O–H groups in total. The molecule has 10 aromatic carbocycles. The molecule has 0 fully saturated rings. The number of aryl methyl sites for hydroxylation is 2. The van der Waals surface area contributed by atoms with Crippen molar-refractivity contribution < 1.29 is 17.1 Å². The van der Waals surface area contributed by atoms with Gasteiger partial charge in [-0.05, 0) is 171 Å². The van der Waals surface area contributed by atoms with E-state index in [0.717, 1.165) is 84.1 Å². The van der Waals surface area contributed by atoms with E-state index in [4.69, 9.17) is 51.9 Å². The smallest absolute Gasteiger partial charge is 0.227 e. The predicted molar refractivity (Wildman–Crippen MR) is 348 cm³/mol. The normalized spacial score (nSPS) is 12.3. The first kappa shape index (κ1) is 46.9. The zero-order valence-corrected chi connectivity index (χ0v) is 46.5. The van der Waals surface area contributed by atoms with Gasteiger partial charge in [0, 0.05) is 86.7 Å². The second-order valence-corrected chi connectivity index (χ2v) is 20.2. The molecule has 14 rings (SSSR count). The summed E-state index contributed by atoms with van der Waals surface area (Å²) in [5.41, 5.74) is 11.9. The minimum atomic E-state index is -2.32. The van der Waals surface area contributed by atoms with Crippen LogP contribution in [0.25, 0.3) is 44.1 Å². The quantitative estimate of drug-likeness (QED) is 0.137. The summed E-state index contributed by atoms with van der Waals surface area (Å²) >= 11 is 20.3. The van der Waals surface area contributed by atoms with E-state index in [9.17, 15) is 0 Å². The first-order chi connectivity index (χ1) is 43.2. The van der Waals surface area contributed by atoms with Crippen molar-refractivity contribution in [1.29, 1.82) is 0 Å². The summed E-state index contributed by atoms with van der Waals surface area (Å²) in [6, 6.07) is 90.2. The van der Waals surface area contributed by atoms with Crippen LogP contribution in [0.3, 0.4) is 0 Å². The molecule has 83 heavy (non-hydrogen) atoms. The SMILES string of the molecule is [2H]C([2H])([2H])c1ccc2c(n1)oc1ccc(N(c3ccccc3)c3cccc(Cl)c3Cl)cc12.[2H]C([2H])([2H])c1ccc2c(n1)oc1ccc(N(c3ccccc3)c3cccc(N(c4ccccc4)c4ccccc4)c3Cl)cc12.c1ccc(Nc2ccccc2)cc1. The molecule has 0 bridgehead atoms. The minimum Gasteiger partial charge on any atom is -0.438 e. The third kappa shape index (κ3) is 11.7. The van der Waals surface area contributed by atoms with Crippen molar-refractivity contribution in [3.63, 3.8) is 0 Å². The molecule has 8 nitrogen and oxygen atoms in total. The molecule has 4 aromatic heterocycles. The molecule has 0 aliphatic rings. The zero-order valence-electron chi connectivity index (χ0n) is 50.2. The van der Waals surface area contributed by atoms with Gasteiger partial charge in [0.2, 0.25) is 11.4 Å². The predicted octanol–water partition coefficient (Wildman–Crippen LogP) is 22.4. The lowest BCUT2D eigenvalue weighted by Gasteiger charge is -2.31. The number of para-hydroxylation sites is 6. The molecule has 0 saturated heterocycles. The van der Waals surface area contributed by atoms with Crippen molar-refractivity contribution in [3.05, 3.63) is 306 Å². The van der Waals surface area contributed by atoms with Crippen molar-refractivity contribution in [3.8, 4) is 0 Å². The largest absolute Gasteiger partial charge is 0.438 e. The molecular formula is C72H53Cl3N6O2. The first-order valence-corrected chi connectivity index (χ1v) is 27.7. The number of furan rings is 2. The molecule has 0 radical (unpaired) electrons. The number of rotatable bonds is 11. The highest BCUT2D eigenvalue weighted by Gasteiger charge is 2.24. The van der Waals surface area contributed by atoms with Crippen LogP contribution in [0, 0.1) is 13.7 Å². The Bertz CT molecular complexity index is 4660. The fourth-order valence-electron chi connectivity index (χ4n) is 9.89. The number of aromatic nitrogens is 2. The average molecular weight is 1150 g/mol. The summed E-state index contributed by atoms with van der Waals surface area (Å²) in [4.78, 5) is 14.8. The average Bonchev–Trinajstić information content (AvgIpc) is 2.06. The number of anilines is 11. The van der Waals surface area contributed by atoms with Crippen molar-refractivity contribution in [2.24, 2.45) is 0 Å². The fraction of sp³-hybridized carbons (Fsp3) is 0.0278. The maximum Gasteiger partial charge on any atom is 0.227 e. The lowest BCUT2D eigenvalue weighted by atomic mass is 10.1. The fourth-order valence-corrected chi connectivity index (χ4v) is 10.6. The van der Waals surface area contributed by atoms with Gasteiger partial charge in [0.15, 0.2) is 0 Å². The van der Waals surface area contributed by atoms with Crippen molar-refractivity contribution >= 4 is 142 Å². The Kier molecular flexibility index (Phi) is 13.8. The van der Waals surface area contributed by atoms with Gasteiger partial charge in [0.1, 0.15) is 11.2 Å². The number of fused-ring (bicyclic) bond motifs is 6. The van der Waals surface area contributed by atoms with Crippen LogP contribution in [0.4, 0.5) is 62.6 Å². The van der Waals surface area contributed by atoms with Gasteiger partial charge in [-0.3, -0.25) is 0 Å². The maximum absolute atomic E-state index is 7.75. The van der Waals surface area contributed by atoms with E-state index < -0.39 is 13.7 Å². The molecular weight excluding hydrogens is 1090 g/mol. The van der Waals surface area contributed by atoms with Gasteiger partial charge in [0.05, 0.1) is 32.1 Å². The number of nitrogens with one attached hydrogen (secondary N) is 1. The van der Waals surface area contributed by atoms with Crippen LogP contribution < -0.4 is 20.0 Å². The summed E-state index contributed by atoms with van der Waals surface area (Å²) in [7, 11) is 0. The van der Waals surface area contributed by atoms with Crippen molar-refractivity contribution in [2.75, 3.05) is 20.0 Å². The van der Waals surface area contributed by atoms with Gasteiger partial charge < -0.3 is 28.9 Å². The molecule has 0 spiro atoms. The third-order valence-corrected chi connectivity index (χ3v) is 14.9. The Balaban J connectivity index is 0.000000148. The van der Waals surface area contributed by atoms with Crippen LogP contribution in [0.1, 0.15) is 19.6 Å². The van der Waals surface area contributed by atoms with Gasteiger partial charge in [-0.25, -0.2) is 9.97 Å². The van der Waals surface area contributed by atoms with E-state index in [1.54, 1.807) is 18.2 Å². The van der Waals surface area contributed by atoms with Gasteiger partial charge in [0.25, 0.3) is 0 Å². The monoisotopic (exact) mass is 1140 g/mol. The number of pyridine rings is 2. The Hall–Kier alpha value is -9.83. The molecule has 4 heterocycles. The summed E-state index contributed by atoms with van der Waals surface area (Å²) in [5, 5.41) is 7.90. The van der Waals surface area contributed by atoms with Gasteiger partial charge >= 0.3 is 0 Å². The Morgan fingerprint density at radius 2 is 0.687 bits per heavy atom. The molecule has 0 aliphatic carbocycles. The van der Waals surface area contributed by atoms with Crippen LogP contribution in [0.2, 0.25) is 15.1 Å². The standard InChI is InChI=1S/C36H26ClN3O.C24H16Cl2N2O.C12H11N/c1-25-20-22-30-31-24-29(21-23-34(31)41-36(30)38-25)40(28-16-9-4-10-17-28)33-19-11-18-32(35(33)37)39(26-12-5-2-6-13-26)27-14-7-3-8-15-27;1-15-10-12-18-19-14-17(11-13-22(19)29-24(18)27-15)28(16-6-3-2-4-7-16)21-9-5-8-20(25)23(21)26;1-3-7-11(8-4-1)13-12-9-5-2-6-10-12/h2-24H,1H3;2-14H,1H3;1-10,13H/i2*1D3;. The molecule has 14 aromatic rings. The number of halogens is 3. The van der Waals surface area contributed by atoms with Gasteiger partial charge in [-0.15, -0.1) is 0 Å². The molecule has 0 saturated carbocycles. The van der Waals surface area contributed by atoms with E-state index >= 15 is 0 Å². The summed E-state index contributed by atoms with van der Waals surface area (Å²) in [6.45, 7) is -4.62. The summed E-state index contributed by atoms with van der Waals surface area (Å²) in [6.07, 6.45) is 0. The topological polar surface area (TPSA) is 73.8 Å². The van der Waals surface area contributed by atoms with E-state index in [0.29, 0.717) is 31.9 Å². The minimum absolute atomic E-state index is 0.000162.